The molecule has 2 heteroatoms. The molecule has 13 rings (SSSR count). The minimum absolute atomic E-state index is 0.0904. The van der Waals surface area contributed by atoms with Crippen LogP contribution in [0, 0.1) is 0 Å². The van der Waals surface area contributed by atoms with Crippen molar-refractivity contribution in [3.8, 4) is 77.9 Å². The van der Waals surface area contributed by atoms with Gasteiger partial charge in [-0.15, -0.1) is 0 Å². The van der Waals surface area contributed by atoms with E-state index in [4.69, 9.17) is 10.7 Å². The van der Waals surface area contributed by atoms with Crippen molar-refractivity contribution in [2.45, 2.75) is 38.5 Å². The minimum Gasteiger partial charge on any atom is -0.405 e. The third-order valence-corrected chi connectivity index (χ3v) is 16.0. The van der Waals surface area contributed by atoms with Crippen LogP contribution in [0.5, 0.6) is 0 Å². The highest BCUT2D eigenvalue weighted by atomic mass is 14.6. The molecule has 2 nitrogen and oxygen atoms in total. The van der Waals surface area contributed by atoms with Crippen LogP contribution in [0.1, 0.15) is 61.1 Å². The molecule has 338 valence electrons. The molecular weight excluding hydrogens is 857 g/mol. The highest BCUT2D eigenvalue weighted by molar-refractivity contribution is 6.21. The molecule has 11 aromatic rings. The summed E-state index contributed by atoms with van der Waals surface area (Å²) in [6.07, 6.45) is 9.70. The van der Waals surface area contributed by atoms with Gasteiger partial charge in [-0.25, -0.2) is 0 Å². The normalized spacial score (nSPS) is 13.9. The lowest BCUT2D eigenvalue weighted by Gasteiger charge is -2.24. The van der Waals surface area contributed by atoms with E-state index in [1.165, 1.54) is 93.7 Å². The van der Waals surface area contributed by atoms with Gasteiger partial charge in [-0.3, -0.25) is 4.98 Å². The van der Waals surface area contributed by atoms with Crippen LogP contribution in [0.4, 0.5) is 0 Å². The summed E-state index contributed by atoms with van der Waals surface area (Å²) in [5.41, 5.74) is 30.7. The molecular formula is C69H52N2. The van der Waals surface area contributed by atoms with Gasteiger partial charge in [0.05, 0.1) is 0 Å². The van der Waals surface area contributed by atoms with Crippen LogP contribution >= 0.6 is 0 Å². The van der Waals surface area contributed by atoms with Gasteiger partial charge in [0.1, 0.15) is 0 Å². The predicted octanol–water partition coefficient (Wildman–Crippen LogP) is 18.1. The van der Waals surface area contributed by atoms with Crippen LogP contribution in [0.25, 0.3) is 122 Å². The smallest absolute Gasteiger partial charge is 0.0353 e. The first-order valence-electron chi connectivity index (χ1n) is 24.8. The molecule has 2 N–H and O–H groups in total. The third kappa shape index (κ3) is 6.31. The van der Waals surface area contributed by atoms with E-state index in [1.54, 1.807) is 6.20 Å². The Morgan fingerprint density at radius 1 is 0.380 bits per heavy atom. The van der Waals surface area contributed by atoms with Crippen LogP contribution in [-0.2, 0) is 10.8 Å². The summed E-state index contributed by atoms with van der Waals surface area (Å²) in [7, 11) is 0. The number of aromatic nitrogens is 1. The quantitative estimate of drug-likeness (QED) is 0.162. The second-order valence-electron chi connectivity index (χ2n) is 20.4. The molecule has 0 spiro atoms. The molecule has 71 heavy (non-hydrogen) atoms. The first kappa shape index (κ1) is 42.5. The molecule has 0 saturated heterocycles. The monoisotopic (exact) mass is 908 g/mol. The number of nitrogens with two attached hydrogens (primary N) is 1. The summed E-state index contributed by atoms with van der Waals surface area (Å²) >= 11 is 0. The largest absolute Gasteiger partial charge is 0.405 e. The number of hydrogen-bond acceptors (Lipinski definition) is 2. The molecule has 0 aliphatic heterocycles. The lowest BCUT2D eigenvalue weighted by molar-refractivity contribution is 0.660. The van der Waals surface area contributed by atoms with Crippen molar-refractivity contribution in [1.82, 2.24) is 4.98 Å². The Bertz CT molecular complexity index is 3990. The zero-order valence-corrected chi connectivity index (χ0v) is 40.5. The lowest BCUT2D eigenvalue weighted by atomic mass is 9.79. The van der Waals surface area contributed by atoms with E-state index >= 15 is 0 Å². The van der Waals surface area contributed by atoms with Crippen molar-refractivity contribution < 1.29 is 0 Å². The average Bonchev–Trinajstić information content (AvgIpc) is 3.78. The van der Waals surface area contributed by atoms with Crippen LogP contribution in [0.15, 0.2) is 213 Å². The third-order valence-electron chi connectivity index (χ3n) is 16.0. The maximum Gasteiger partial charge on any atom is 0.0353 e. The zero-order valence-electron chi connectivity index (χ0n) is 40.5. The van der Waals surface area contributed by atoms with Gasteiger partial charge >= 0.3 is 0 Å². The number of rotatable bonds is 7. The maximum absolute atomic E-state index is 6.29. The van der Waals surface area contributed by atoms with E-state index in [9.17, 15) is 0 Å². The molecule has 0 saturated carbocycles. The molecule has 1 heterocycles. The fraction of sp³-hybridized carbons (Fsp3) is 0.0870. The van der Waals surface area contributed by atoms with Gasteiger partial charge in [0.2, 0.25) is 0 Å². The average molecular weight is 909 g/mol. The molecule has 0 bridgehead atoms. The molecule has 0 atom stereocenters. The van der Waals surface area contributed by atoms with Crippen LogP contribution in [0.3, 0.4) is 0 Å². The standard InChI is InChI=1S/C69H52N2/c1-6-48-57(35-37-70)66(46-31-33-51-49-15-11-13-21-60(49)68(2,3)62(51)39-46)55-19-9-7-17-53(55)64(48)44-27-23-42(24-28-44)43-25-29-45(30-26-43)65-54-18-8-10-20-56(54)67(58-36-38-71-41-59(58)65)47-32-34-52-50-16-12-14-22-61(50)69(4,5)63(52)40-47/h6-41H,1,70H2,2-5H3/b37-35-. The fourth-order valence-electron chi connectivity index (χ4n) is 12.6. The van der Waals surface area contributed by atoms with E-state index in [0.717, 1.165) is 49.9 Å². The topological polar surface area (TPSA) is 38.9 Å². The summed E-state index contributed by atoms with van der Waals surface area (Å²) in [5.74, 6) is 0. The first-order valence-corrected chi connectivity index (χ1v) is 24.8. The van der Waals surface area contributed by atoms with Crippen molar-refractivity contribution in [1.29, 1.82) is 0 Å². The number of hydrogen-bond donors (Lipinski definition) is 1. The summed E-state index contributed by atoms with van der Waals surface area (Å²) in [4.78, 5) is 4.72. The summed E-state index contributed by atoms with van der Waals surface area (Å²) in [5, 5.41) is 7.16. The Hall–Kier alpha value is -8.59. The second kappa shape index (κ2) is 16.0. The van der Waals surface area contributed by atoms with E-state index in [0.29, 0.717) is 0 Å². The number of pyridine rings is 1. The minimum atomic E-state index is -0.119. The van der Waals surface area contributed by atoms with Crippen LogP contribution in [-0.4, -0.2) is 4.98 Å². The SMILES string of the molecule is C=Cc1c(/C=C\N)c(-c2ccc3c(c2)C(C)(C)c2ccccc2-3)c2ccccc2c1-c1ccc(-c2ccc(-c3c4ccccc4c(-c4ccc5c(c4)C(C)(C)c4ccccc4-5)c4ccncc34)cc2)cc1. The Kier molecular flexibility index (Phi) is 9.57. The van der Waals surface area contributed by atoms with Crippen molar-refractivity contribution in [3.63, 3.8) is 0 Å². The molecule has 0 radical (unpaired) electrons. The summed E-state index contributed by atoms with van der Waals surface area (Å²) in [6.45, 7) is 13.8. The van der Waals surface area contributed by atoms with Crippen LogP contribution in [0.2, 0.25) is 0 Å². The molecule has 1 aromatic heterocycles. The predicted molar refractivity (Wildman–Crippen MR) is 302 cm³/mol. The van der Waals surface area contributed by atoms with Gasteiger partial charge in [0.25, 0.3) is 0 Å². The summed E-state index contributed by atoms with van der Waals surface area (Å²) in [6, 6.07) is 69.7. The Morgan fingerprint density at radius 2 is 0.761 bits per heavy atom. The fourth-order valence-corrected chi connectivity index (χ4v) is 12.6. The van der Waals surface area contributed by atoms with Gasteiger partial charge in [0, 0.05) is 28.6 Å². The molecule has 2 aliphatic carbocycles. The lowest BCUT2D eigenvalue weighted by Crippen LogP contribution is -2.15. The van der Waals surface area contributed by atoms with Crippen molar-refractivity contribution >= 4 is 44.5 Å². The number of benzene rings is 10. The van der Waals surface area contributed by atoms with Gasteiger partial charge < -0.3 is 5.73 Å². The first-order chi connectivity index (χ1) is 34.7. The van der Waals surface area contributed by atoms with Crippen molar-refractivity contribution in [3.05, 3.63) is 247 Å². The maximum atomic E-state index is 6.29. The molecule has 0 amide bonds. The second-order valence-corrected chi connectivity index (χ2v) is 20.4. The van der Waals surface area contributed by atoms with Gasteiger partial charge in [0.15, 0.2) is 0 Å². The van der Waals surface area contributed by atoms with E-state index in [-0.39, 0.29) is 10.8 Å². The van der Waals surface area contributed by atoms with Gasteiger partial charge in [-0.05, 0) is 169 Å². The Labute approximate surface area is 416 Å². The molecule has 0 fully saturated rings. The Balaban J connectivity index is 0.881. The Morgan fingerprint density at radius 3 is 1.27 bits per heavy atom. The summed E-state index contributed by atoms with van der Waals surface area (Å²) < 4.78 is 0. The highest BCUT2D eigenvalue weighted by Crippen LogP contribution is 2.53. The van der Waals surface area contributed by atoms with Gasteiger partial charge in [-0.1, -0.05) is 210 Å². The molecule has 2 aliphatic rings. The van der Waals surface area contributed by atoms with E-state index < -0.39 is 0 Å². The highest BCUT2D eigenvalue weighted by Gasteiger charge is 2.37. The molecule has 10 aromatic carbocycles. The van der Waals surface area contributed by atoms with Crippen molar-refractivity contribution in [2.75, 3.05) is 0 Å². The van der Waals surface area contributed by atoms with Crippen molar-refractivity contribution in [2.24, 2.45) is 5.73 Å². The molecule has 0 unspecified atom stereocenters. The number of fused-ring (bicyclic) bond motifs is 9. The van der Waals surface area contributed by atoms with E-state index in [2.05, 4.69) is 229 Å². The number of nitrogens with zero attached hydrogens (tertiary/aromatic N) is 1. The van der Waals surface area contributed by atoms with Gasteiger partial charge in [-0.2, -0.15) is 0 Å². The van der Waals surface area contributed by atoms with Crippen LogP contribution < -0.4 is 5.73 Å². The van der Waals surface area contributed by atoms with E-state index in [1.807, 2.05) is 18.3 Å². The zero-order chi connectivity index (χ0) is 48.2.